The molecule has 1 saturated heterocycles. The highest BCUT2D eigenvalue weighted by atomic mass is 16.8. The first-order chi connectivity index (χ1) is 9.16. The number of ether oxygens (including phenoxy) is 2. The van der Waals surface area contributed by atoms with Gasteiger partial charge in [0, 0.05) is 6.42 Å². The molecule has 6 heteroatoms. The molecule has 0 radical (unpaired) electrons. The van der Waals surface area contributed by atoms with E-state index in [1.165, 1.54) is 5.56 Å². The van der Waals surface area contributed by atoms with Crippen LogP contribution in [0.4, 0.5) is 0 Å². The van der Waals surface area contributed by atoms with Gasteiger partial charge in [-0.05, 0) is 12.0 Å². The van der Waals surface area contributed by atoms with Crippen LogP contribution in [0.15, 0.2) is 30.3 Å². The summed E-state index contributed by atoms with van der Waals surface area (Å²) in [5.74, 6) is 0. The van der Waals surface area contributed by atoms with E-state index in [9.17, 15) is 5.21 Å². The smallest absolute Gasteiger partial charge is 0.158 e. The molecule has 0 atom stereocenters. The van der Waals surface area contributed by atoms with Gasteiger partial charge in [-0.15, -0.1) is 0 Å². The van der Waals surface area contributed by atoms with E-state index in [2.05, 4.69) is 0 Å². The number of hydrogen-bond acceptors (Lipinski definition) is 6. The lowest BCUT2D eigenvalue weighted by atomic mass is 10.0. The molecule has 1 heterocycles. The van der Waals surface area contributed by atoms with Gasteiger partial charge >= 0.3 is 0 Å². The van der Waals surface area contributed by atoms with E-state index in [1.54, 1.807) is 0 Å². The summed E-state index contributed by atoms with van der Waals surface area (Å²) < 4.78 is 10.8. The van der Waals surface area contributed by atoms with Gasteiger partial charge in [-0.25, -0.2) is 0 Å². The average molecular weight is 268 g/mol. The Bertz CT molecular complexity index is 376. The van der Waals surface area contributed by atoms with Gasteiger partial charge in [-0.2, -0.15) is 0 Å². The predicted octanol–water partition coefficient (Wildman–Crippen LogP) is 0.912. The quantitative estimate of drug-likeness (QED) is 0.772. The lowest BCUT2D eigenvalue weighted by Crippen LogP contribution is -2.58. The molecule has 1 aliphatic rings. The van der Waals surface area contributed by atoms with E-state index in [0.717, 1.165) is 6.42 Å². The van der Waals surface area contributed by atoms with Crippen molar-refractivity contribution >= 4 is 0 Å². The largest absolute Gasteiger partial charge is 0.762 e. The van der Waals surface area contributed by atoms with E-state index in [-0.39, 0.29) is 18.4 Å². The SMILES string of the molecule is [O-]N(O)C1(CO)COC(CCc2ccccc2)OC1. The molecule has 1 aromatic rings. The molecule has 1 fully saturated rings. The highest BCUT2D eigenvalue weighted by Crippen LogP contribution is 2.22. The van der Waals surface area contributed by atoms with Gasteiger partial charge in [-0.1, -0.05) is 30.3 Å². The van der Waals surface area contributed by atoms with Crippen LogP contribution in [0.2, 0.25) is 0 Å². The first kappa shape index (κ1) is 14.4. The topological polar surface area (TPSA) is 85.2 Å². The highest BCUT2D eigenvalue weighted by molar-refractivity contribution is 5.14. The van der Waals surface area contributed by atoms with Crippen LogP contribution in [-0.2, 0) is 15.9 Å². The molecule has 0 bridgehead atoms. The summed E-state index contributed by atoms with van der Waals surface area (Å²) in [4.78, 5) is 0. The number of nitrogens with zero attached hydrogens (tertiary/aromatic N) is 1. The van der Waals surface area contributed by atoms with Crippen LogP contribution in [0.25, 0.3) is 0 Å². The maximum Gasteiger partial charge on any atom is 0.158 e. The second-order valence-corrected chi connectivity index (χ2v) is 4.73. The fourth-order valence-electron chi connectivity index (χ4n) is 1.94. The molecule has 1 aliphatic heterocycles. The van der Waals surface area contributed by atoms with Gasteiger partial charge in [0.1, 0.15) is 5.54 Å². The molecule has 6 nitrogen and oxygen atoms in total. The van der Waals surface area contributed by atoms with Gasteiger partial charge < -0.3 is 25.0 Å². The molecule has 0 aromatic heterocycles. The zero-order chi connectivity index (χ0) is 13.7. The van der Waals surface area contributed by atoms with Crippen molar-refractivity contribution in [2.24, 2.45) is 0 Å². The number of benzene rings is 1. The summed E-state index contributed by atoms with van der Waals surface area (Å²) in [6.45, 7) is -0.621. The van der Waals surface area contributed by atoms with Crippen LogP contribution in [0.5, 0.6) is 0 Å². The van der Waals surface area contributed by atoms with Crippen LogP contribution in [0.3, 0.4) is 0 Å². The van der Waals surface area contributed by atoms with Crippen LogP contribution in [0.1, 0.15) is 12.0 Å². The van der Waals surface area contributed by atoms with Gasteiger partial charge in [0.15, 0.2) is 6.29 Å². The van der Waals surface area contributed by atoms with E-state index in [1.807, 2.05) is 30.3 Å². The molecule has 0 unspecified atom stereocenters. The van der Waals surface area contributed by atoms with E-state index in [0.29, 0.717) is 6.42 Å². The molecule has 19 heavy (non-hydrogen) atoms. The van der Waals surface area contributed by atoms with Crippen molar-refractivity contribution in [3.63, 3.8) is 0 Å². The van der Waals surface area contributed by atoms with Crippen LogP contribution in [0, 0.1) is 5.21 Å². The first-order valence-electron chi connectivity index (χ1n) is 6.20. The summed E-state index contributed by atoms with van der Waals surface area (Å²) in [6, 6.07) is 9.93. The highest BCUT2D eigenvalue weighted by Gasteiger charge is 2.37. The molecule has 0 aliphatic carbocycles. The number of aliphatic hydroxyl groups is 1. The fraction of sp³-hybridized carbons (Fsp3) is 0.538. The monoisotopic (exact) mass is 268 g/mol. The standard InChI is InChI=1S/C13H18NO5/c15-8-13(14(16)17)9-18-12(19-10-13)7-6-11-4-2-1-3-5-11/h1-5,12,15-16H,6-10H2/q-1. The van der Waals surface area contributed by atoms with Crippen molar-refractivity contribution < 1.29 is 19.8 Å². The van der Waals surface area contributed by atoms with Crippen molar-refractivity contribution in [3.8, 4) is 0 Å². The van der Waals surface area contributed by atoms with Crippen molar-refractivity contribution in [3.05, 3.63) is 41.1 Å². The minimum absolute atomic E-state index is 0.0526. The number of hydroxylamine groups is 2. The third-order valence-electron chi connectivity index (χ3n) is 3.29. The van der Waals surface area contributed by atoms with E-state index < -0.39 is 18.4 Å². The Hall–Kier alpha value is -1.02. The number of rotatable bonds is 5. The van der Waals surface area contributed by atoms with Crippen molar-refractivity contribution in [1.82, 2.24) is 5.23 Å². The van der Waals surface area contributed by atoms with Crippen LogP contribution < -0.4 is 0 Å². The first-order valence-corrected chi connectivity index (χ1v) is 6.20. The molecular weight excluding hydrogens is 250 g/mol. The second-order valence-electron chi connectivity index (χ2n) is 4.73. The van der Waals surface area contributed by atoms with Gasteiger partial charge in [-0.3, -0.25) is 5.23 Å². The molecule has 0 amide bonds. The van der Waals surface area contributed by atoms with Gasteiger partial charge in [0.05, 0.1) is 19.8 Å². The minimum Gasteiger partial charge on any atom is -0.762 e. The minimum atomic E-state index is -1.40. The molecule has 2 rings (SSSR count). The molecule has 0 saturated carbocycles. The summed E-state index contributed by atoms with van der Waals surface area (Å²) in [6.07, 6.45) is 1.05. The molecule has 1 aromatic carbocycles. The Morgan fingerprint density at radius 1 is 1.26 bits per heavy atom. The Morgan fingerprint density at radius 3 is 2.42 bits per heavy atom. The number of aliphatic hydroxyl groups excluding tert-OH is 1. The van der Waals surface area contributed by atoms with E-state index in [4.69, 9.17) is 19.8 Å². The lowest BCUT2D eigenvalue weighted by Gasteiger charge is -2.46. The van der Waals surface area contributed by atoms with Gasteiger partial charge in [0.25, 0.3) is 0 Å². The Kier molecular flexibility index (Phi) is 4.87. The summed E-state index contributed by atoms with van der Waals surface area (Å²) in [5.41, 5.74) is -0.218. The zero-order valence-electron chi connectivity index (χ0n) is 10.6. The third kappa shape index (κ3) is 3.50. The fourth-order valence-corrected chi connectivity index (χ4v) is 1.94. The Morgan fingerprint density at radius 2 is 1.89 bits per heavy atom. The molecule has 106 valence electrons. The maximum atomic E-state index is 11.0. The predicted molar refractivity (Wildman–Crippen MR) is 67.3 cm³/mol. The van der Waals surface area contributed by atoms with E-state index >= 15 is 0 Å². The number of aryl methyl sites for hydroxylation is 1. The Balaban J connectivity index is 1.80. The lowest BCUT2D eigenvalue weighted by molar-refractivity contribution is -0.280. The summed E-state index contributed by atoms with van der Waals surface area (Å²) in [7, 11) is 0. The van der Waals surface area contributed by atoms with Crippen LogP contribution >= 0.6 is 0 Å². The number of hydrogen-bond donors (Lipinski definition) is 2. The molecular formula is C13H18NO5-. The normalized spacial score (nSPS) is 27.7. The van der Waals surface area contributed by atoms with Crippen molar-refractivity contribution in [2.45, 2.75) is 24.7 Å². The second kappa shape index (κ2) is 6.42. The maximum absolute atomic E-state index is 11.0. The Labute approximate surface area is 111 Å². The average Bonchev–Trinajstić information content (AvgIpc) is 2.46. The third-order valence-corrected chi connectivity index (χ3v) is 3.29. The van der Waals surface area contributed by atoms with Crippen molar-refractivity contribution in [2.75, 3.05) is 19.8 Å². The molecule has 2 N–H and O–H groups in total. The molecule has 0 spiro atoms. The summed E-state index contributed by atoms with van der Waals surface area (Å²) in [5, 5.41) is 28.8. The zero-order valence-corrected chi connectivity index (χ0v) is 10.6. The van der Waals surface area contributed by atoms with Gasteiger partial charge in [0.2, 0.25) is 0 Å². The van der Waals surface area contributed by atoms with Crippen molar-refractivity contribution in [1.29, 1.82) is 0 Å². The van der Waals surface area contributed by atoms with Crippen LogP contribution in [-0.4, -0.2) is 47.2 Å². The summed E-state index contributed by atoms with van der Waals surface area (Å²) >= 11 is 0.